The van der Waals surface area contributed by atoms with Crippen LogP contribution in [0.15, 0.2) is 87.6 Å². The van der Waals surface area contributed by atoms with Crippen LogP contribution < -0.4 is 0 Å². The third kappa shape index (κ3) is 18.6. The Morgan fingerprint density at radius 2 is 1.21 bits per heavy atom. The summed E-state index contributed by atoms with van der Waals surface area (Å²) in [5, 5.41) is 45.8. The maximum Gasteiger partial charge on any atom is 0.0967 e. The maximum absolute atomic E-state index is 10.8. The van der Waals surface area contributed by atoms with Crippen LogP contribution in [0.3, 0.4) is 0 Å². The minimum atomic E-state index is -0.138. The third-order valence-electron chi connectivity index (χ3n) is 3.40. The van der Waals surface area contributed by atoms with Gasteiger partial charge in [-0.15, -0.1) is 0 Å². The van der Waals surface area contributed by atoms with Gasteiger partial charge in [-0.25, -0.2) is 0 Å². The van der Waals surface area contributed by atoms with Gasteiger partial charge in [0.1, 0.15) is 0 Å². The Morgan fingerprint density at radius 1 is 0.818 bits per heavy atom. The second-order valence-electron chi connectivity index (χ2n) is 5.65. The van der Waals surface area contributed by atoms with Gasteiger partial charge in [-0.1, -0.05) is 52.3 Å². The van der Waals surface area contributed by atoms with Crippen LogP contribution in [-0.2, 0) is 16.8 Å². The van der Waals surface area contributed by atoms with Crippen molar-refractivity contribution < 1.29 is 32.0 Å². The van der Waals surface area contributed by atoms with Crippen molar-refractivity contribution >= 4 is 28.6 Å². The maximum atomic E-state index is 10.8. The van der Waals surface area contributed by atoms with Crippen molar-refractivity contribution in [3.63, 3.8) is 0 Å². The number of nitrogens with zero attached hydrogens (tertiary/aromatic N) is 5. The number of carbonyl (C=O) groups is 1. The largest absolute Gasteiger partial charge is 0.792 e. The van der Waals surface area contributed by atoms with Crippen molar-refractivity contribution in [1.82, 2.24) is 4.98 Å². The standard InChI is InChI=1S/C9H7O.C5H5N.2C4H8N2O2.Co/c1-2-9(10)8-6-4-3-5-7-8;1-2-4-6-5-3-1;2*1-3(5-7)4(2)6-8;/h1-7H;1-5H;2*7-8H,1-2H3;/q-1;;;;/p-2/b;;2*5-3+,6-4+;. The van der Waals surface area contributed by atoms with Crippen LogP contribution in [0.25, 0.3) is 0 Å². The van der Waals surface area contributed by atoms with Gasteiger partial charge < -0.3 is 35.9 Å². The van der Waals surface area contributed by atoms with Crippen LogP contribution in [0.1, 0.15) is 38.1 Å². The Labute approximate surface area is 203 Å². The van der Waals surface area contributed by atoms with Crippen LogP contribution in [0, 0.1) is 17.0 Å². The van der Waals surface area contributed by atoms with Crippen LogP contribution in [0.2, 0.25) is 0 Å². The third-order valence-corrected chi connectivity index (χ3v) is 3.40. The molecule has 181 valence electrons. The molecule has 2 rings (SSSR count). The summed E-state index contributed by atoms with van der Waals surface area (Å²) < 4.78 is 0. The van der Waals surface area contributed by atoms with E-state index in [1.54, 1.807) is 36.7 Å². The molecule has 0 saturated heterocycles. The zero-order chi connectivity index (χ0) is 24.8. The molecule has 0 saturated carbocycles. The van der Waals surface area contributed by atoms with Gasteiger partial charge in [-0.2, -0.15) is 6.08 Å². The van der Waals surface area contributed by atoms with Crippen molar-refractivity contribution in [2.24, 2.45) is 20.6 Å². The Hall–Kier alpha value is -3.83. The molecule has 0 aliphatic heterocycles. The second-order valence-corrected chi connectivity index (χ2v) is 5.65. The Balaban J connectivity index is -0.000000365. The van der Waals surface area contributed by atoms with E-state index < -0.39 is 0 Å². The molecule has 10 nitrogen and oxygen atoms in total. The smallest absolute Gasteiger partial charge is 0.0967 e. The summed E-state index contributed by atoms with van der Waals surface area (Å²) >= 11 is 0. The zero-order valence-corrected chi connectivity index (χ0v) is 19.7. The van der Waals surface area contributed by atoms with E-state index in [1.165, 1.54) is 27.7 Å². The first-order valence-electron chi connectivity index (χ1n) is 9.00. The van der Waals surface area contributed by atoms with E-state index in [2.05, 4.69) is 25.6 Å². The van der Waals surface area contributed by atoms with Gasteiger partial charge in [0.25, 0.3) is 0 Å². The molecule has 0 aliphatic carbocycles. The second kappa shape index (κ2) is 22.8. The first-order valence-corrected chi connectivity index (χ1v) is 9.00. The van der Waals surface area contributed by atoms with Crippen LogP contribution in [-0.4, -0.2) is 44.0 Å². The van der Waals surface area contributed by atoms with E-state index in [9.17, 15) is 15.2 Å². The number of ketones is 1. The number of allylic oxidation sites excluding steroid dienone is 1. The molecule has 1 heterocycles. The molecule has 0 atom stereocenters. The molecule has 1 aromatic carbocycles. The fraction of sp³-hybridized carbons (Fsp3) is 0.182. The number of hydrogen-bond donors (Lipinski definition) is 2. The SMILES string of the molecule is CC(=N\[O-])/C(C)=N/O.CC(=N\[O-])/C(C)=N/O.[CH-]=CC(=O)c1ccccc1.[Co].c1ccncc1. The monoisotopic (exact) mass is 499 g/mol. The summed E-state index contributed by atoms with van der Waals surface area (Å²) in [6.07, 6.45) is 4.56. The molecule has 0 aliphatic rings. The quantitative estimate of drug-likeness (QED) is 0.157. The number of pyridine rings is 1. The van der Waals surface area contributed by atoms with E-state index >= 15 is 0 Å². The Morgan fingerprint density at radius 3 is 1.42 bits per heavy atom. The molecule has 1 aromatic heterocycles. The number of benzene rings is 1. The van der Waals surface area contributed by atoms with E-state index in [-0.39, 0.29) is 45.4 Å². The van der Waals surface area contributed by atoms with E-state index in [4.69, 9.17) is 17.0 Å². The minimum Gasteiger partial charge on any atom is -0.792 e. The van der Waals surface area contributed by atoms with Crippen molar-refractivity contribution in [3.8, 4) is 0 Å². The molecular formula is C22H26CoN5O5-3. The molecule has 33 heavy (non-hydrogen) atoms. The molecule has 0 unspecified atom stereocenters. The van der Waals surface area contributed by atoms with E-state index in [0.29, 0.717) is 5.56 Å². The Bertz CT molecular complexity index is 811. The normalized spacial score (nSPS) is 11.0. The number of aromatic nitrogens is 1. The van der Waals surface area contributed by atoms with Gasteiger partial charge in [0.05, 0.1) is 22.8 Å². The summed E-state index contributed by atoms with van der Waals surface area (Å²) in [5.41, 5.74) is 1.53. The topological polar surface area (TPSA) is 166 Å². The molecular weight excluding hydrogens is 473 g/mol. The zero-order valence-electron chi connectivity index (χ0n) is 18.6. The number of oxime groups is 2. The van der Waals surface area contributed by atoms with Crippen LogP contribution >= 0.6 is 0 Å². The average molecular weight is 499 g/mol. The molecule has 2 N–H and O–H groups in total. The molecule has 2 aromatic rings. The van der Waals surface area contributed by atoms with Gasteiger partial charge in [0.15, 0.2) is 0 Å². The van der Waals surface area contributed by atoms with Gasteiger partial charge in [0.2, 0.25) is 0 Å². The summed E-state index contributed by atoms with van der Waals surface area (Å²) in [5.74, 6) is -0.138. The fourth-order valence-electron chi connectivity index (χ4n) is 1.29. The average Bonchev–Trinajstić information content (AvgIpc) is 2.88. The molecule has 0 fully saturated rings. The van der Waals surface area contributed by atoms with Gasteiger partial charge >= 0.3 is 0 Å². The van der Waals surface area contributed by atoms with Gasteiger partial charge in [-0.05, 0) is 39.8 Å². The summed E-state index contributed by atoms with van der Waals surface area (Å²) in [6.45, 7) is 11.0. The molecule has 1 radical (unpaired) electrons. The summed E-state index contributed by atoms with van der Waals surface area (Å²) in [7, 11) is 0. The molecule has 0 bridgehead atoms. The van der Waals surface area contributed by atoms with E-state index in [0.717, 1.165) is 6.08 Å². The van der Waals surface area contributed by atoms with Crippen molar-refractivity contribution in [1.29, 1.82) is 0 Å². The van der Waals surface area contributed by atoms with Crippen molar-refractivity contribution in [3.05, 3.63) is 89.6 Å². The molecule has 0 spiro atoms. The van der Waals surface area contributed by atoms with Crippen LogP contribution in [0.5, 0.6) is 0 Å². The fourth-order valence-corrected chi connectivity index (χ4v) is 1.29. The van der Waals surface area contributed by atoms with Crippen molar-refractivity contribution in [2.75, 3.05) is 0 Å². The van der Waals surface area contributed by atoms with Crippen molar-refractivity contribution in [2.45, 2.75) is 27.7 Å². The van der Waals surface area contributed by atoms with Gasteiger partial charge in [-0.3, -0.25) is 11.6 Å². The number of hydrogen-bond acceptors (Lipinski definition) is 10. The van der Waals surface area contributed by atoms with Gasteiger partial charge in [0, 0.05) is 35.0 Å². The predicted octanol–water partition coefficient (Wildman–Crippen LogP) is 4.53. The summed E-state index contributed by atoms with van der Waals surface area (Å²) in [4.78, 5) is 14.6. The number of carbonyl (C=O) groups excluding carboxylic acids is 1. The first-order chi connectivity index (χ1) is 15.3. The minimum absolute atomic E-state index is 0. The molecule has 11 heteroatoms. The van der Waals surface area contributed by atoms with Crippen LogP contribution in [0.4, 0.5) is 0 Å². The van der Waals surface area contributed by atoms with E-state index in [1.807, 2.05) is 24.3 Å². The number of rotatable bonds is 4. The first kappa shape index (κ1) is 33.8. The molecule has 0 amide bonds. The predicted molar refractivity (Wildman–Crippen MR) is 127 cm³/mol. The Kier molecular flexibility index (Phi) is 23.4. The summed E-state index contributed by atoms with van der Waals surface area (Å²) in [6, 6.07) is 14.6.